The van der Waals surface area contributed by atoms with Crippen LogP contribution in [0, 0.1) is 5.92 Å². The maximum atomic E-state index is 11.8. The Kier molecular flexibility index (Phi) is 6.64. The van der Waals surface area contributed by atoms with E-state index in [-0.39, 0.29) is 24.2 Å². The van der Waals surface area contributed by atoms with Gasteiger partial charge in [-0.2, -0.15) is 0 Å². The average molecular weight is 263 g/mol. The van der Waals surface area contributed by atoms with Gasteiger partial charge in [-0.05, 0) is 17.4 Å². The molecule has 1 heterocycles. The molecule has 1 rings (SSSR count). The predicted molar refractivity (Wildman–Crippen MR) is 70.9 cm³/mol. The van der Waals surface area contributed by atoms with Crippen molar-refractivity contribution in [1.29, 1.82) is 0 Å². The Morgan fingerprint density at radius 3 is 2.62 bits per heavy atom. The lowest BCUT2D eigenvalue weighted by Crippen LogP contribution is -2.44. The summed E-state index contributed by atoms with van der Waals surface area (Å²) in [7, 11) is 1.80. The van der Waals surface area contributed by atoms with Gasteiger partial charge in [-0.25, -0.2) is 0 Å². The van der Waals surface area contributed by atoms with Gasteiger partial charge in [0.1, 0.15) is 0 Å². The minimum Gasteiger partial charge on any atom is -0.339 e. The van der Waals surface area contributed by atoms with Crippen molar-refractivity contribution < 1.29 is 4.79 Å². The van der Waals surface area contributed by atoms with Crippen molar-refractivity contribution in [3.63, 3.8) is 0 Å². The van der Waals surface area contributed by atoms with E-state index in [2.05, 4.69) is 0 Å². The first-order valence-electron chi connectivity index (χ1n) is 5.05. The van der Waals surface area contributed by atoms with Crippen LogP contribution in [0.3, 0.4) is 0 Å². The van der Waals surface area contributed by atoms with Crippen molar-refractivity contribution in [2.45, 2.75) is 26.4 Å². The number of carbonyl (C=O) groups is 1. The van der Waals surface area contributed by atoms with Gasteiger partial charge in [0.25, 0.3) is 0 Å². The van der Waals surface area contributed by atoms with E-state index in [0.29, 0.717) is 6.54 Å². The molecule has 1 aromatic rings. The predicted octanol–water partition coefficient (Wildman–Crippen LogP) is 2.11. The number of rotatable bonds is 4. The van der Waals surface area contributed by atoms with Gasteiger partial charge in [0.15, 0.2) is 0 Å². The number of hydrogen-bond donors (Lipinski definition) is 1. The summed E-state index contributed by atoms with van der Waals surface area (Å²) < 4.78 is 0. The Labute approximate surface area is 107 Å². The van der Waals surface area contributed by atoms with Crippen LogP contribution in [0.2, 0.25) is 0 Å². The van der Waals surface area contributed by atoms with Crippen LogP contribution in [0.5, 0.6) is 0 Å². The molecule has 0 fully saturated rings. The Morgan fingerprint density at radius 1 is 1.56 bits per heavy atom. The van der Waals surface area contributed by atoms with Crippen molar-refractivity contribution in [3.05, 3.63) is 22.4 Å². The van der Waals surface area contributed by atoms with E-state index < -0.39 is 6.04 Å². The van der Waals surface area contributed by atoms with Crippen LogP contribution < -0.4 is 5.73 Å². The van der Waals surface area contributed by atoms with Gasteiger partial charge in [-0.1, -0.05) is 19.9 Å². The van der Waals surface area contributed by atoms with Crippen LogP contribution >= 0.6 is 23.7 Å². The molecule has 5 heteroatoms. The minimum absolute atomic E-state index is 0. The molecule has 0 aromatic carbocycles. The fourth-order valence-electron chi connectivity index (χ4n) is 1.25. The number of nitrogens with two attached hydrogens (primary N) is 1. The second-order valence-electron chi connectivity index (χ2n) is 4.04. The normalized spacial score (nSPS) is 12.1. The topological polar surface area (TPSA) is 46.3 Å². The van der Waals surface area contributed by atoms with Crippen LogP contribution in [0.1, 0.15) is 18.7 Å². The molecule has 0 saturated carbocycles. The zero-order chi connectivity index (χ0) is 11.4. The maximum Gasteiger partial charge on any atom is 0.239 e. The molecule has 0 radical (unpaired) electrons. The summed E-state index contributed by atoms with van der Waals surface area (Å²) in [5.74, 6) is 0.196. The fourth-order valence-corrected chi connectivity index (χ4v) is 2.01. The van der Waals surface area contributed by atoms with E-state index in [1.165, 1.54) is 4.88 Å². The Morgan fingerprint density at radius 2 is 2.19 bits per heavy atom. The summed E-state index contributed by atoms with van der Waals surface area (Å²) >= 11 is 1.65. The Balaban J connectivity index is 0.00000225. The monoisotopic (exact) mass is 262 g/mol. The van der Waals surface area contributed by atoms with E-state index in [1.807, 2.05) is 31.4 Å². The van der Waals surface area contributed by atoms with Crippen LogP contribution in [-0.2, 0) is 11.3 Å². The number of nitrogens with zero attached hydrogens (tertiary/aromatic N) is 1. The van der Waals surface area contributed by atoms with Gasteiger partial charge in [0, 0.05) is 11.9 Å². The van der Waals surface area contributed by atoms with Crippen molar-refractivity contribution in [2.24, 2.45) is 11.7 Å². The van der Waals surface area contributed by atoms with Gasteiger partial charge in [-0.3, -0.25) is 4.79 Å². The summed E-state index contributed by atoms with van der Waals surface area (Å²) in [5.41, 5.74) is 5.80. The molecule has 92 valence electrons. The number of carbonyl (C=O) groups excluding carboxylic acids is 1. The molecule has 16 heavy (non-hydrogen) atoms. The maximum absolute atomic E-state index is 11.8. The van der Waals surface area contributed by atoms with Gasteiger partial charge < -0.3 is 10.6 Å². The molecule has 3 nitrogen and oxygen atoms in total. The third-order valence-corrected chi connectivity index (χ3v) is 3.21. The molecule has 1 atom stereocenters. The van der Waals surface area contributed by atoms with Crippen molar-refractivity contribution in [1.82, 2.24) is 4.90 Å². The lowest BCUT2D eigenvalue weighted by atomic mass is 10.0. The van der Waals surface area contributed by atoms with E-state index in [9.17, 15) is 4.79 Å². The number of hydrogen-bond acceptors (Lipinski definition) is 3. The SMILES string of the molecule is CC(C)[C@@H](N)C(=O)N(C)Cc1cccs1.Cl. The van der Waals surface area contributed by atoms with Crippen LogP contribution in [0.25, 0.3) is 0 Å². The highest BCUT2D eigenvalue weighted by atomic mass is 35.5. The van der Waals surface area contributed by atoms with E-state index in [0.717, 1.165) is 0 Å². The fraction of sp³-hybridized carbons (Fsp3) is 0.545. The summed E-state index contributed by atoms with van der Waals surface area (Å²) in [5, 5.41) is 2.01. The molecule has 0 aliphatic heterocycles. The van der Waals surface area contributed by atoms with Crippen molar-refractivity contribution in [2.75, 3.05) is 7.05 Å². The molecule has 0 saturated heterocycles. The smallest absolute Gasteiger partial charge is 0.239 e. The molecular weight excluding hydrogens is 244 g/mol. The highest BCUT2D eigenvalue weighted by molar-refractivity contribution is 7.09. The first-order chi connectivity index (χ1) is 7.02. The second-order valence-corrected chi connectivity index (χ2v) is 5.08. The number of likely N-dealkylation sites (N-methyl/N-ethyl adjacent to an activating group) is 1. The van der Waals surface area contributed by atoms with Crippen LogP contribution in [0.4, 0.5) is 0 Å². The van der Waals surface area contributed by atoms with E-state index >= 15 is 0 Å². The third kappa shape index (κ3) is 4.12. The highest BCUT2D eigenvalue weighted by Gasteiger charge is 2.20. The lowest BCUT2D eigenvalue weighted by molar-refractivity contribution is -0.132. The first kappa shape index (κ1) is 15.4. The molecular formula is C11H19ClN2OS. The third-order valence-electron chi connectivity index (χ3n) is 2.35. The molecule has 1 aromatic heterocycles. The quantitative estimate of drug-likeness (QED) is 0.904. The van der Waals surface area contributed by atoms with Gasteiger partial charge in [-0.15, -0.1) is 23.7 Å². The minimum atomic E-state index is -0.394. The molecule has 0 aliphatic rings. The van der Waals surface area contributed by atoms with E-state index in [1.54, 1.807) is 23.3 Å². The highest BCUT2D eigenvalue weighted by Crippen LogP contribution is 2.12. The molecule has 0 aliphatic carbocycles. The number of amides is 1. The lowest BCUT2D eigenvalue weighted by Gasteiger charge is -2.22. The Bertz CT molecular complexity index is 314. The van der Waals surface area contributed by atoms with Crippen molar-refractivity contribution >= 4 is 29.7 Å². The molecule has 0 bridgehead atoms. The standard InChI is InChI=1S/C11H18N2OS.ClH/c1-8(2)10(12)11(14)13(3)7-9-5-4-6-15-9;/h4-6,8,10H,7,12H2,1-3H3;1H/t10-;/m1./s1. The zero-order valence-electron chi connectivity index (χ0n) is 9.84. The van der Waals surface area contributed by atoms with Gasteiger partial charge in [0.2, 0.25) is 5.91 Å². The van der Waals surface area contributed by atoms with Gasteiger partial charge in [0.05, 0.1) is 12.6 Å². The molecule has 1 amide bonds. The largest absolute Gasteiger partial charge is 0.339 e. The van der Waals surface area contributed by atoms with Crippen LogP contribution in [0.15, 0.2) is 17.5 Å². The second kappa shape index (κ2) is 6.89. The molecule has 0 unspecified atom stereocenters. The van der Waals surface area contributed by atoms with E-state index in [4.69, 9.17) is 5.73 Å². The zero-order valence-corrected chi connectivity index (χ0v) is 11.5. The summed E-state index contributed by atoms with van der Waals surface area (Å²) in [6, 6.07) is 3.62. The number of halogens is 1. The van der Waals surface area contributed by atoms with Gasteiger partial charge >= 0.3 is 0 Å². The molecule has 2 N–H and O–H groups in total. The first-order valence-corrected chi connectivity index (χ1v) is 5.93. The van der Waals surface area contributed by atoms with Crippen LogP contribution in [-0.4, -0.2) is 23.9 Å². The average Bonchev–Trinajstić information content (AvgIpc) is 2.67. The Hall–Kier alpha value is -0.580. The summed E-state index contributed by atoms with van der Waals surface area (Å²) in [6.45, 7) is 4.57. The summed E-state index contributed by atoms with van der Waals surface area (Å²) in [6.07, 6.45) is 0. The summed E-state index contributed by atoms with van der Waals surface area (Å²) in [4.78, 5) is 14.7. The number of thiophene rings is 1. The van der Waals surface area contributed by atoms with Crippen molar-refractivity contribution in [3.8, 4) is 0 Å². The molecule has 0 spiro atoms.